The first-order chi connectivity index (χ1) is 16.3. The molecule has 4 aromatic rings. The molecule has 10 nitrogen and oxygen atoms in total. The number of hydrogen-bond donors (Lipinski definition) is 1. The van der Waals surface area contributed by atoms with Crippen molar-refractivity contribution in [2.45, 2.75) is 26.8 Å². The first-order valence-corrected chi connectivity index (χ1v) is 11.3. The van der Waals surface area contributed by atoms with Gasteiger partial charge >= 0.3 is 5.97 Å². The lowest BCUT2D eigenvalue weighted by molar-refractivity contribution is -0.385. The number of nitro groups is 1. The number of nitrogens with zero attached hydrogens (tertiary/aromatic N) is 4. The first-order valence-electron chi connectivity index (χ1n) is 10.4. The predicted octanol–water partition coefficient (Wildman–Crippen LogP) is 4.75. The number of fused-ring (bicyclic) bond motifs is 1. The van der Waals surface area contributed by atoms with Crippen molar-refractivity contribution in [1.82, 2.24) is 14.8 Å². The minimum atomic E-state index is -0.695. The number of esters is 1. The molecule has 0 radical (unpaired) electrons. The Kier molecular flexibility index (Phi) is 6.37. The number of thiophene rings is 1. The number of benzene rings is 1. The maximum atomic E-state index is 13.0. The summed E-state index contributed by atoms with van der Waals surface area (Å²) in [5, 5.41) is 20.5. The second-order valence-electron chi connectivity index (χ2n) is 7.78. The van der Waals surface area contributed by atoms with Crippen molar-refractivity contribution in [2.24, 2.45) is 0 Å². The molecule has 11 heteroatoms. The number of nitro benzene ring substituents is 1. The number of ether oxygens (including phenoxy) is 1. The van der Waals surface area contributed by atoms with Crippen LogP contribution in [0, 0.1) is 17.0 Å². The molecule has 0 aliphatic rings. The van der Waals surface area contributed by atoms with Gasteiger partial charge in [-0.1, -0.05) is 12.1 Å². The zero-order valence-corrected chi connectivity index (χ0v) is 19.5. The highest BCUT2D eigenvalue weighted by atomic mass is 32.1. The summed E-state index contributed by atoms with van der Waals surface area (Å²) >= 11 is 1.49. The Labute approximate surface area is 198 Å². The fraction of sp³-hybridized carbons (Fsp3) is 0.217. The van der Waals surface area contributed by atoms with Crippen LogP contribution in [0.1, 0.15) is 35.8 Å². The molecule has 0 spiro atoms. The second kappa shape index (κ2) is 9.40. The van der Waals surface area contributed by atoms with Gasteiger partial charge < -0.3 is 10.1 Å². The average molecular weight is 480 g/mol. The standard InChI is InChI=1S/C23H21N5O5S/c1-13(2)27-22-16(11-24-27)15(10-18(26-22)20-8-5-9-34-20)23(30)33-12-21(29)25-17-6-4-7-19(14(17)3)28(31)32/h4-11,13H,12H2,1-3H3,(H,25,29). The molecule has 0 atom stereocenters. The van der Waals surface area contributed by atoms with Crippen LogP contribution in [0.25, 0.3) is 21.6 Å². The van der Waals surface area contributed by atoms with Gasteiger partial charge in [0.1, 0.15) is 0 Å². The highest BCUT2D eigenvalue weighted by Crippen LogP contribution is 2.29. The first kappa shape index (κ1) is 23.1. The van der Waals surface area contributed by atoms with Gasteiger partial charge in [0.2, 0.25) is 0 Å². The predicted molar refractivity (Wildman–Crippen MR) is 128 cm³/mol. The van der Waals surface area contributed by atoms with Crippen LogP contribution in [0.15, 0.2) is 48.0 Å². The highest BCUT2D eigenvalue weighted by molar-refractivity contribution is 7.13. The molecule has 4 rings (SSSR count). The number of carbonyl (C=O) groups is 2. The van der Waals surface area contributed by atoms with Crippen molar-refractivity contribution in [1.29, 1.82) is 0 Å². The third-order valence-corrected chi connectivity index (χ3v) is 6.05. The van der Waals surface area contributed by atoms with Crippen molar-refractivity contribution in [3.63, 3.8) is 0 Å². The minimum absolute atomic E-state index is 0.0244. The van der Waals surface area contributed by atoms with Crippen molar-refractivity contribution in [3.05, 3.63) is 69.2 Å². The largest absolute Gasteiger partial charge is 0.452 e. The molecular weight excluding hydrogens is 458 g/mol. The molecule has 3 heterocycles. The van der Waals surface area contributed by atoms with Crippen molar-refractivity contribution in [2.75, 3.05) is 11.9 Å². The van der Waals surface area contributed by atoms with Crippen LogP contribution in [-0.2, 0) is 9.53 Å². The van der Waals surface area contributed by atoms with Crippen LogP contribution in [0.3, 0.4) is 0 Å². The van der Waals surface area contributed by atoms with Crippen LogP contribution >= 0.6 is 11.3 Å². The van der Waals surface area contributed by atoms with Crippen molar-refractivity contribution < 1.29 is 19.2 Å². The Balaban J connectivity index is 1.57. The van der Waals surface area contributed by atoms with E-state index in [9.17, 15) is 19.7 Å². The van der Waals surface area contributed by atoms with Gasteiger partial charge in [-0.05, 0) is 44.4 Å². The van der Waals surface area contributed by atoms with Crippen LogP contribution in [-0.4, -0.2) is 38.2 Å². The number of hydrogen-bond acceptors (Lipinski definition) is 8. The molecule has 0 aliphatic heterocycles. The van der Waals surface area contributed by atoms with Gasteiger partial charge in [-0.25, -0.2) is 14.5 Å². The van der Waals surface area contributed by atoms with Gasteiger partial charge in [-0.3, -0.25) is 14.9 Å². The van der Waals surface area contributed by atoms with Crippen LogP contribution < -0.4 is 5.32 Å². The van der Waals surface area contributed by atoms with E-state index in [0.29, 0.717) is 22.3 Å². The van der Waals surface area contributed by atoms with E-state index >= 15 is 0 Å². The number of amides is 1. The Hall–Kier alpha value is -4.12. The topological polar surface area (TPSA) is 129 Å². The van der Waals surface area contributed by atoms with E-state index in [1.54, 1.807) is 23.0 Å². The van der Waals surface area contributed by atoms with Crippen molar-refractivity contribution in [3.8, 4) is 10.6 Å². The van der Waals surface area contributed by atoms with E-state index in [0.717, 1.165) is 4.88 Å². The lowest BCUT2D eigenvalue weighted by Crippen LogP contribution is -2.21. The number of pyridine rings is 1. The number of carbonyl (C=O) groups excluding carboxylic acids is 2. The maximum Gasteiger partial charge on any atom is 0.339 e. The second-order valence-corrected chi connectivity index (χ2v) is 8.73. The van der Waals surface area contributed by atoms with E-state index in [1.807, 2.05) is 31.4 Å². The molecule has 0 saturated carbocycles. The summed E-state index contributed by atoms with van der Waals surface area (Å²) < 4.78 is 7.01. The molecule has 0 aliphatic carbocycles. The Morgan fingerprint density at radius 1 is 1.26 bits per heavy atom. The SMILES string of the molecule is Cc1c(NC(=O)COC(=O)c2cc(-c3cccs3)nc3c2cnn3C(C)C)cccc1[N+](=O)[O-]. The summed E-state index contributed by atoms with van der Waals surface area (Å²) in [6, 6.07) is 9.81. The summed E-state index contributed by atoms with van der Waals surface area (Å²) in [5.41, 5.74) is 1.87. The number of rotatable bonds is 7. The zero-order valence-electron chi connectivity index (χ0n) is 18.6. The molecule has 3 aromatic heterocycles. The third-order valence-electron chi connectivity index (χ3n) is 5.16. The maximum absolute atomic E-state index is 13.0. The molecule has 0 fully saturated rings. The van der Waals surface area contributed by atoms with E-state index in [1.165, 1.54) is 30.4 Å². The molecule has 174 valence electrons. The monoisotopic (exact) mass is 479 g/mol. The normalized spacial score (nSPS) is 11.1. The zero-order chi connectivity index (χ0) is 24.4. The van der Waals surface area contributed by atoms with Gasteiger partial charge in [0, 0.05) is 12.1 Å². The molecule has 1 amide bonds. The number of nitrogens with one attached hydrogen (secondary N) is 1. The fourth-order valence-electron chi connectivity index (χ4n) is 3.47. The lowest BCUT2D eigenvalue weighted by atomic mass is 10.1. The Bertz CT molecular complexity index is 1390. The molecule has 34 heavy (non-hydrogen) atoms. The van der Waals surface area contributed by atoms with Gasteiger partial charge in [0.15, 0.2) is 12.3 Å². The van der Waals surface area contributed by atoms with E-state index in [2.05, 4.69) is 10.4 Å². The highest BCUT2D eigenvalue weighted by Gasteiger charge is 2.21. The van der Waals surface area contributed by atoms with Gasteiger partial charge in [0.05, 0.1) is 43.9 Å². The summed E-state index contributed by atoms with van der Waals surface area (Å²) in [4.78, 5) is 41.5. The van der Waals surface area contributed by atoms with E-state index in [4.69, 9.17) is 9.72 Å². The van der Waals surface area contributed by atoms with Crippen molar-refractivity contribution >= 4 is 45.6 Å². The quantitative estimate of drug-likeness (QED) is 0.230. The van der Waals surface area contributed by atoms with E-state index < -0.39 is 23.4 Å². The minimum Gasteiger partial charge on any atom is -0.452 e. The summed E-state index contributed by atoms with van der Waals surface area (Å²) in [6.45, 7) is 4.90. The van der Waals surface area contributed by atoms with Crippen LogP contribution in [0.2, 0.25) is 0 Å². The summed E-state index contributed by atoms with van der Waals surface area (Å²) in [7, 11) is 0. The Morgan fingerprint density at radius 2 is 2.06 bits per heavy atom. The number of anilines is 1. The summed E-state index contributed by atoms with van der Waals surface area (Å²) in [5.74, 6) is -1.31. The summed E-state index contributed by atoms with van der Waals surface area (Å²) in [6.07, 6.45) is 1.56. The van der Waals surface area contributed by atoms with Gasteiger partial charge in [-0.15, -0.1) is 11.3 Å². The van der Waals surface area contributed by atoms with Gasteiger partial charge in [0.25, 0.3) is 11.6 Å². The average Bonchev–Trinajstić information content (AvgIpc) is 3.48. The lowest BCUT2D eigenvalue weighted by Gasteiger charge is -2.11. The Morgan fingerprint density at radius 3 is 2.74 bits per heavy atom. The molecule has 0 bridgehead atoms. The molecule has 1 aromatic carbocycles. The smallest absolute Gasteiger partial charge is 0.339 e. The molecule has 0 unspecified atom stereocenters. The van der Waals surface area contributed by atoms with Crippen LogP contribution in [0.4, 0.5) is 11.4 Å². The van der Waals surface area contributed by atoms with Crippen LogP contribution in [0.5, 0.6) is 0 Å². The molecular formula is C23H21N5O5S. The molecule has 0 saturated heterocycles. The van der Waals surface area contributed by atoms with Gasteiger partial charge in [-0.2, -0.15) is 5.10 Å². The molecule has 1 N–H and O–H groups in total. The van der Waals surface area contributed by atoms with E-state index in [-0.39, 0.29) is 23.0 Å². The number of aromatic nitrogens is 3. The fourth-order valence-corrected chi connectivity index (χ4v) is 4.15. The third kappa shape index (κ3) is 4.50.